The molecule has 0 amide bonds. The number of rotatable bonds is 5. The summed E-state index contributed by atoms with van der Waals surface area (Å²) >= 11 is 0. The second-order valence-corrected chi connectivity index (χ2v) is 9.56. The first-order chi connectivity index (χ1) is 13.0. The number of quaternary nitrogens is 1. The average Bonchev–Trinajstić information content (AvgIpc) is 2.61. The van der Waals surface area contributed by atoms with Crippen LogP contribution in [-0.4, -0.2) is 19.3 Å². The molecule has 2 aromatic carbocycles. The predicted octanol–water partition coefficient (Wildman–Crippen LogP) is 4.66. The number of aliphatic imine (C=N–C) groups is 1. The summed E-state index contributed by atoms with van der Waals surface area (Å²) in [4.78, 5) is 6.05. The molecule has 0 saturated heterocycles. The molecule has 0 radical (unpaired) electrons. The number of benzene rings is 2. The molecule has 0 heterocycles. The molecular formula is C25H36N2O. The number of nitrogens with zero attached hydrogens (tertiary/aromatic N) is 1. The van der Waals surface area contributed by atoms with E-state index in [2.05, 4.69) is 90.7 Å². The minimum Gasteiger partial charge on any atom is -0.871 e. The molecule has 152 valence electrons. The van der Waals surface area contributed by atoms with Crippen molar-refractivity contribution < 1.29 is 10.0 Å². The van der Waals surface area contributed by atoms with Crippen LogP contribution < -0.4 is 10.0 Å². The van der Waals surface area contributed by atoms with E-state index in [1.54, 1.807) is 6.21 Å². The van der Waals surface area contributed by atoms with E-state index in [4.69, 9.17) is 0 Å². The smallest absolute Gasteiger partial charge is 0.131 e. The van der Waals surface area contributed by atoms with E-state index in [0.717, 1.165) is 29.8 Å². The maximum Gasteiger partial charge on any atom is 0.131 e. The molecule has 0 atom stereocenters. The van der Waals surface area contributed by atoms with E-state index in [1.807, 2.05) is 6.07 Å². The van der Waals surface area contributed by atoms with Gasteiger partial charge < -0.3 is 10.0 Å². The van der Waals surface area contributed by atoms with E-state index in [-0.39, 0.29) is 16.6 Å². The van der Waals surface area contributed by atoms with Gasteiger partial charge in [-0.15, -0.1) is 0 Å². The Morgan fingerprint density at radius 3 is 1.93 bits per heavy atom. The van der Waals surface area contributed by atoms with Crippen LogP contribution >= 0.6 is 0 Å². The molecule has 28 heavy (non-hydrogen) atoms. The Morgan fingerprint density at radius 1 is 0.893 bits per heavy atom. The first-order valence-corrected chi connectivity index (χ1v) is 10.3. The first kappa shape index (κ1) is 22.2. The Bertz CT molecular complexity index is 817. The number of hydrogen-bond donors (Lipinski definition) is 1. The minimum atomic E-state index is -0.212. The fourth-order valence-corrected chi connectivity index (χ4v) is 3.31. The lowest BCUT2D eigenvalue weighted by Crippen LogP contribution is -3.06. The standard InChI is InChI=1S/C25H36N2O/c1-9-27(10-2)20-13-11-18(12-14-20)17-26-22-16-19(24(3,4)5)15-21(23(22)28)25(6,7)8/h11-17,28H,9-10H2,1-8H3. The van der Waals surface area contributed by atoms with Crippen LogP contribution in [0.5, 0.6) is 5.75 Å². The van der Waals surface area contributed by atoms with Crippen LogP contribution in [0.3, 0.4) is 0 Å². The zero-order valence-corrected chi connectivity index (χ0v) is 18.8. The third kappa shape index (κ3) is 5.23. The normalized spacial score (nSPS) is 12.9. The van der Waals surface area contributed by atoms with Crippen LogP contribution in [0.25, 0.3) is 0 Å². The van der Waals surface area contributed by atoms with Crippen LogP contribution in [0.15, 0.2) is 41.4 Å². The van der Waals surface area contributed by atoms with Gasteiger partial charge in [-0.2, -0.15) is 0 Å². The van der Waals surface area contributed by atoms with E-state index < -0.39 is 0 Å². The van der Waals surface area contributed by atoms with Crippen molar-refractivity contribution >= 4 is 17.6 Å². The van der Waals surface area contributed by atoms with Crippen molar-refractivity contribution in [2.75, 3.05) is 13.1 Å². The summed E-state index contributed by atoms with van der Waals surface area (Å²) in [5.41, 5.74) is 4.54. The van der Waals surface area contributed by atoms with Gasteiger partial charge in [-0.05, 0) is 71.7 Å². The van der Waals surface area contributed by atoms with Gasteiger partial charge in [-0.1, -0.05) is 53.4 Å². The van der Waals surface area contributed by atoms with Gasteiger partial charge in [0.05, 0.1) is 18.8 Å². The molecule has 0 aliphatic carbocycles. The van der Waals surface area contributed by atoms with Crippen molar-refractivity contribution in [2.24, 2.45) is 4.99 Å². The van der Waals surface area contributed by atoms with E-state index >= 15 is 0 Å². The molecular weight excluding hydrogens is 344 g/mol. The first-order valence-electron chi connectivity index (χ1n) is 10.3. The Morgan fingerprint density at radius 2 is 1.46 bits per heavy atom. The maximum atomic E-state index is 13.0. The Kier molecular flexibility index (Phi) is 6.71. The molecule has 0 bridgehead atoms. The fraction of sp³-hybridized carbons (Fsp3) is 0.480. The van der Waals surface area contributed by atoms with E-state index in [0.29, 0.717) is 5.69 Å². The number of nitrogens with one attached hydrogen (secondary N) is 1. The van der Waals surface area contributed by atoms with Crippen molar-refractivity contribution in [1.29, 1.82) is 0 Å². The zero-order valence-electron chi connectivity index (χ0n) is 18.8. The van der Waals surface area contributed by atoms with Gasteiger partial charge in [0.15, 0.2) is 0 Å². The average molecular weight is 381 g/mol. The second-order valence-electron chi connectivity index (χ2n) is 9.56. The van der Waals surface area contributed by atoms with Gasteiger partial charge in [-0.3, -0.25) is 4.99 Å². The summed E-state index contributed by atoms with van der Waals surface area (Å²) in [6.07, 6.45) is 1.80. The molecule has 0 aromatic heterocycles. The Labute approximate surface area is 171 Å². The lowest BCUT2D eigenvalue weighted by Gasteiger charge is -2.31. The third-order valence-electron chi connectivity index (χ3n) is 5.27. The summed E-state index contributed by atoms with van der Waals surface area (Å²) in [5.74, 6) is 0.0287. The summed E-state index contributed by atoms with van der Waals surface area (Å²) in [5, 5.41) is 13.0. The van der Waals surface area contributed by atoms with Gasteiger partial charge in [-0.25, -0.2) is 0 Å². The molecule has 0 aliphatic rings. The molecule has 0 fully saturated rings. The molecule has 2 aromatic rings. The Balaban J connectivity index is 2.42. The summed E-state index contributed by atoms with van der Waals surface area (Å²) in [7, 11) is 0. The second kappa shape index (κ2) is 8.48. The quantitative estimate of drug-likeness (QED) is 0.753. The van der Waals surface area contributed by atoms with Crippen LogP contribution in [0.1, 0.15) is 72.1 Å². The highest BCUT2D eigenvalue weighted by molar-refractivity contribution is 5.83. The van der Waals surface area contributed by atoms with E-state index in [9.17, 15) is 5.11 Å². The fourth-order valence-electron chi connectivity index (χ4n) is 3.31. The van der Waals surface area contributed by atoms with Gasteiger partial charge in [0.1, 0.15) is 5.69 Å². The van der Waals surface area contributed by atoms with Gasteiger partial charge in [0.25, 0.3) is 0 Å². The highest BCUT2D eigenvalue weighted by Gasteiger charge is 2.21. The molecule has 3 nitrogen and oxygen atoms in total. The Hall–Kier alpha value is -2.13. The van der Waals surface area contributed by atoms with E-state index in [1.165, 1.54) is 10.6 Å². The SMILES string of the molecule is CC[NH+](CC)c1ccc(C=Nc2cc(C(C)(C)C)cc(C(C)(C)C)c2[O-])cc1. The summed E-state index contributed by atoms with van der Waals surface area (Å²) in [6, 6.07) is 12.5. The molecule has 0 saturated carbocycles. The maximum absolute atomic E-state index is 13.0. The van der Waals surface area contributed by atoms with Crippen LogP contribution in [0.2, 0.25) is 0 Å². The van der Waals surface area contributed by atoms with Gasteiger partial charge >= 0.3 is 0 Å². The predicted molar refractivity (Wildman–Crippen MR) is 119 cm³/mol. The molecule has 1 N–H and O–H groups in total. The van der Waals surface area contributed by atoms with Crippen molar-refractivity contribution in [3.63, 3.8) is 0 Å². The lowest BCUT2D eigenvalue weighted by atomic mass is 9.80. The van der Waals surface area contributed by atoms with Gasteiger partial charge in [0.2, 0.25) is 0 Å². The largest absolute Gasteiger partial charge is 0.871 e. The highest BCUT2D eigenvalue weighted by Crippen LogP contribution is 2.39. The van der Waals surface area contributed by atoms with Crippen LogP contribution in [0, 0.1) is 0 Å². The zero-order chi connectivity index (χ0) is 21.1. The molecule has 0 unspecified atom stereocenters. The number of hydrogen-bond acceptors (Lipinski definition) is 2. The van der Waals surface area contributed by atoms with Crippen LogP contribution in [0.4, 0.5) is 11.4 Å². The van der Waals surface area contributed by atoms with Crippen molar-refractivity contribution in [3.8, 4) is 5.75 Å². The third-order valence-corrected chi connectivity index (χ3v) is 5.27. The lowest BCUT2D eigenvalue weighted by molar-refractivity contribution is -0.828. The molecule has 0 aliphatic heterocycles. The highest BCUT2D eigenvalue weighted by atomic mass is 16.3. The summed E-state index contributed by atoms with van der Waals surface area (Å²) < 4.78 is 0. The van der Waals surface area contributed by atoms with Crippen molar-refractivity contribution in [1.82, 2.24) is 0 Å². The monoisotopic (exact) mass is 380 g/mol. The molecule has 0 spiro atoms. The topological polar surface area (TPSA) is 39.9 Å². The molecule has 2 rings (SSSR count). The van der Waals surface area contributed by atoms with Crippen LogP contribution in [-0.2, 0) is 10.8 Å². The molecule has 3 heteroatoms. The minimum absolute atomic E-state index is 0.0287. The van der Waals surface area contributed by atoms with Gasteiger partial charge in [0, 0.05) is 6.21 Å². The van der Waals surface area contributed by atoms with Crippen molar-refractivity contribution in [2.45, 2.75) is 66.2 Å². The summed E-state index contributed by atoms with van der Waals surface area (Å²) in [6.45, 7) is 19.3. The van der Waals surface area contributed by atoms with Crippen molar-refractivity contribution in [3.05, 3.63) is 53.1 Å².